The van der Waals surface area contributed by atoms with Crippen LogP contribution in [0.4, 0.5) is 0 Å². The van der Waals surface area contributed by atoms with Crippen molar-refractivity contribution in [2.24, 2.45) is 0 Å². The third kappa shape index (κ3) is 3.90. The second-order valence-corrected chi connectivity index (χ2v) is 5.94. The first kappa shape index (κ1) is 14.3. The van der Waals surface area contributed by atoms with Gasteiger partial charge in [-0.15, -0.1) is 0 Å². The molecule has 0 saturated carbocycles. The zero-order chi connectivity index (χ0) is 13.7. The first-order valence-electron chi connectivity index (χ1n) is 6.07. The van der Waals surface area contributed by atoms with Gasteiger partial charge in [-0.2, -0.15) is 17.4 Å². The smallest absolute Gasteiger partial charge is 0.279 e. The second-order valence-electron chi connectivity index (χ2n) is 4.19. The van der Waals surface area contributed by atoms with E-state index in [1.54, 1.807) is 7.11 Å². The lowest BCUT2D eigenvalue weighted by atomic mass is 10.2. The largest absolute Gasteiger partial charge is 0.497 e. The number of hydrogen-bond acceptors (Lipinski definition) is 4. The van der Waals surface area contributed by atoms with E-state index < -0.39 is 10.2 Å². The Morgan fingerprint density at radius 2 is 2.11 bits per heavy atom. The Morgan fingerprint density at radius 3 is 2.79 bits per heavy atom. The maximum absolute atomic E-state index is 12.0. The lowest BCUT2D eigenvalue weighted by Crippen LogP contribution is -2.46. The molecule has 1 aliphatic rings. The van der Waals surface area contributed by atoms with E-state index in [9.17, 15) is 8.42 Å². The van der Waals surface area contributed by atoms with Crippen molar-refractivity contribution in [2.75, 3.05) is 33.4 Å². The predicted molar refractivity (Wildman–Crippen MR) is 71.1 cm³/mol. The maximum Gasteiger partial charge on any atom is 0.279 e. The number of benzene rings is 1. The molecule has 0 unspecified atom stereocenters. The molecular weight excluding hydrogens is 268 g/mol. The summed E-state index contributed by atoms with van der Waals surface area (Å²) in [7, 11) is -1.86. The van der Waals surface area contributed by atoms with Crippen molar-refractivity contribution in [3.8, 4) is 5.75 Å². The molecule has 6 nitrogen and oxygen atoms in total. The minimum atomic E-state index is -3.44. The van der Waals surface area contributed by atoms with Gasteiger partial charge in [0.05, 0.1) is 20.3 Å². The Labute approximate surface area is 113 Å². The van der Waals surface area contributed by atoms with Gasteiger partial charge in [-0.1, -0.05) is 12.1 Å². The zero-order valence-electron chi connectivity index (χ0n) is 10.8. The minimum absolute atomic E-state index is 0.247. The highest BCUT2D eigenvalue weighted by atomic mass is 32.2. The van der Waals surface area contributed by atoms with E-state index in [-0.39, 0.29) is 6.54 Å². The van der Waals surface area contributed by atoms with Gasteiger partial charge in [-0.3, -0.25) is 0 Å². The van der Waals surface area contributed by atoms with Crippen LogP contribution >= 0.6 is 0 Å². The number of hydrogen-bond donors (Lipinski definition) is 1. The molecule has 1 aromatic carbocycles. The van der Waals surface area contributed by atoms with E-state index in [0.29, 0.717) is 32.1 Å². The van der Waals surface area contributed by atoms with Crippen molar-refractivity contribution < 1.29 is 17.9 Å². The van der Waals surface area contributed by atoms with Gasteiger partial charge in [0.25, 0.3) is 10.2 Å². The second kappa shape index (κ2) is 6.33. The Morgan fingerprint density at radius 1 is 1.37 bits per heavy atom. The van der Waals surface area contributed by atoms with E-state index in [4.69, 9.17) is 9.47 Å². The van der Waals surface area contributed by atoms with Crippen LogP contribution in [0.25, 0.3) is 0 Å². The third-order valence-electron chi connectivity index (χ3n) is 2.90. The van der Waals surface area contributed by atoms with Gasteiger partial charge >= 0.3 is 0 Å². The molecule has 1 aromatic rings. The number of methoxy groups -OCH3 is 1. The molecule has 1 saturated heterocycles. The molecule has 2 rings (SSSR count). The fourth-order valence-corrected chi connectivity index (χ4v) is 3.00. The normalized spacial score (nSPS) is 17.3. The monoisotopic (exact) mass is 286 g/mol. The molecule has 0 aliphatic carbocycles. The van der Waals surface area contributed by atoms with Gasteiger partial charge in [0.2, 0.25) is 0 Å². The van der Waals surface area contributed by atoms with Crippen molar-refractivity contribution >= 4 is 10.2 Å². The molecule has 0 aromatic heterocycles. The van der Waals surface area contributed by atoms with Crippen LogP contribution in [-0.2, 0) is 21.5 Å². The van der Waals surface area contributed by atoms with Crippen molar-refractivity contribution in [1.29, 1.82) is 0 Å². The van der Waals surface area contributed by atoms with Crippen LogP contribution in [-0.4, -0.2) is 46.1 Å². The van der Waals surface area contributed by atoms with Gasteiger partial charge < -0.3 is 9.47 Å². The fourth-order valence-electron chi connectivity index (χ4n) is 1.84. The number of nitrogens with zero attached hydrogens (tertiary/aromatic N) is 1. The Kier molecular flexibility index (Phi) is 4.76. The molecule has 1 fully saturated rings. The highest BCUT2D eigenvalue weighted by Gasteiger charge is 2.23. The number of morpholine rings is 1. The summed E-state index contributed by atoms with van der Waals surface area (Å²) in [4.78, 5) is 0. The average Bonchev–Trinajstić information content (AvgIpc) is 2.46. The Balaban J connectivity index is 1.96. The summed E-state index contributed by atoms with van der Waals surface area (Å²) in [6, 6.07) is 7.31. The quantitative estimate of drug-likeness (QED) is 0.849. The molecule has 1 aliphatic heterocycles. The molecule has 0 bridgehead atoms. The van der Waals surface area contributed by atoms with Gasteiger partial charge in [0.15, 0.2) is 0 Å². The van der Waals surface area contributed by atoms with Crippen molar-refractivity contribution in [3.05, 3.63) is 29.8 Å². The Hall–Kier alpha value is -1.15. The number of ether oxygens (including phenoxy) is 2. The first-order chi connectivity index (χ1) is 9.12. The topological polar surface area (TPSA) is 67.9 Å². The Bertz CT molecular complexity index is 512. The summed E-state index contributed by atoms with van der Waals surface area (Å²) in [5, 5.41) is 0. The fraction of sp³-hybridized carbons (Fsp3) is 0.500. The summed E-state index contributed by atoms with van der Waals surface area (Å²) in [5.74, 6) is 0.711. The molecule has 1 heterocycles. The van der Waals surface area contributed by atoms with Gasteiger partial charge in [0, 0.05) is 19.6 Å². The molecular formula is C12H18N2O4S. The molecule has 0 radical (unpaired) electrons. The molecule has 1 N–H and O–H groups in total. The molecule has 19 heavy (non-hydrogen) atoms. The average molecular weight is 286 g/mol. The maximum atomic E-state index is 12.0. The minimum Gasteiger partial charge on any atom is -0.497 e. The molecule has 0 amide bonds. The summed E-state index contributed by atoms with van der Waals surface area (Å²) >= 11 is 0. The van der Waals surface area contributed by atoms with E-state index in [1.807, 2.05) is 24.3 Å². The van der Waals surface area contributed by atoms with Crippen LogP contribution < -0.4 is 9.46 Å². The van der Waals surface area contributed by atoms with E-state index in [1.165, 1.54) is 4.31 Å². The SMILES string of the molecule is COc1cccc(CNS(=O)(=O)N2CCOCC2)c1. The summed E-state index contributed by atoms with van der Waals surface area (Å²) in [6.45, 7) is 1.93. The van der Waals surface area contributed by atoms with E-state index in [0.717, 1.165) is 5.56 Å². The highest BCUT2D eigenvalue weighted by Crippen LogP contribution is 2.13. The summed E-state index contributed by atoms with van der Waals surface area (Å²) in [5.41, 5.74) is 0.858. The summed E-state index contributed by atoms with van der Waals surface area (Å²) < 4.78 is 38.3. The summed E-state index contributed by atoms with van der Waals surface area (Å²) in [6.07, 6.45) is 0. The standard InChI is InChI=1S/C12H18N2O4S/c1-17-12-4-2-3-11(9-12)10-13-19(15,16)14-5-7-18-8-6-14/h2-4,9,13H,5-8,10H2,1H3. The van der Waals surface area contributed by atoms with Crippen LogP contribution in [0.15, 0.2) is 24.3 Å². The van der Waals surface area contributed by atoms with Crippen molar-refractivity contribution in [2.45, 2.75) is 6.54 Å². The number of nitrogens with one attached hydrogen (secondary N) is 1. The number of rotatable bonds is 5. The highest BCUT2D eigenvalue weighted by molar-refractivity contribution is 7.87. The predicted octanol–water partition coefficient (Wildman–Crippen LogP) is 0.362. The molecule has 0 atom stereocenters. The van der Waals surface area contributed by atoms with E-state index in [2.05, 4.69) is 4.72 Å². The lowest BCUT2D eigenvalue weighted by molar-refractivity contribution is 0.0725. The van der Waals surface area contributed by atoms with Crippen LogP contribution in [0, 0.1) is 0 Å². The van der Waals surface area contributed by atoms with E-state index >= 15 is 0 Å². The molecule has 7 heteroatoms. The molecule has 0 spiro atoms. The lowest BCUT2D eigenvalue weighted by Gasteiger charge is -2.26. The van der Waals surface area contributed by atoms with Crippen LogP contribution in [0.5, 0.6) is 5.75 Å². The van der Waals surface area contributed by atoms with Crippen LogP contribution in [0.3, 0.4) is 0 Å². The third-order valence-corrected chi connectivity index (χ3v) is 4.46. The van der Waals surface area contributed by atoms with Gasteiger partial charge in [0.1, 0.15) is 5.75 Å². The van der Waals surface area contributed by atoms with Crippen molar-refractivity contribution in [3.63, 3.8) is 0 Å². The van der Waals surface area contributed by atoms with Gasteiger partial charge in [-0.05, 0) is 17.7 Å². The van der Waals surface area contributed by atoms with Gasteiger partial charge in [-0.25, -0.2) is 0 Å². The van der Waals surface area contributed by atoms with Crippen molar-refractivity contribution in [1.82, 2.24) is 9.03 Å². The first-order valence-corrected chi connectivity index (χ1v) is 7.51. The van der Waals surface area contributed by atoms with Crippen LogP contribution in [0.2, 0.25) is 0 Å². The van der Waals surface area contributed by atoms with Crippen LogP contribution in [0.1, 0.15) is 5.56 Å². The molecule has 106 valence electrons. The zero-order valence-corrected chi connectivity index (χ0v) is 11.6.